The summed E-state index contributed by atoms with van der Waals surface area (Å²) in [6.07, 6.45) is 3.28. The van der Waals surface area contributed by atoms with Gasteiger partial charge < -0.3 is 10.0 Å². The molecule has 1 amide bonds. The number of aromatic nitrogens is 1. The molecule has 2 heterocycles. The zero-order valence-electron chi connectivity index (χ0n) is 15.3. The Morgan fingerprint density at radius 3 is 2.41 bits per heavy atom. The van der Waals surface area contributed by atoms with Gasteiger partial charge in [0.15, 0.2) is 0 Å². The minimum atomic E-state index is -0.802. The number of Topliss-reactive ketones (excluding diaryl/α,β-unsaturated/α-hetero) is 1. The first-order valence-electron chi connectivity index (χ1n) is 9.05. The summed E-state index contributed by atoms with van der Waals surface area (Å²) in [5.74, 6) is -1.64. The summed E-state index contributed by atoms with van der Waals surface area (Å²) in [6.45, 7) is 0.167. The summed E-state index contributed by atoms with van der Waals surface area (Å²) in [7, 11) is 0. The molecular formula is C23H17ClN2O3. The number of pyridine rings is 1. The second-order valence-corrected chi connectivity index (χ2v) is 7.08. The van der Waals surface area contributed by atoms with Gasteiger partial charge in [-0.3, -0.25) is 14.6 Å². The maximum absolute atomic E-state index is 12.9. The zero-order valence-corrected chi connectivity index (χ0v) is 16.1. The molecule has 1 fully saturated rings. The highest BCUT2D eigenvalue weighted by molar-refractivity contribution is 6.46. The molecule has 2 aromatic carbocycles. The minimum absolute atomic E-state index is 0.0261. The molecule has 0 saturated carbocycles. The Labute approximate surface area is 172 Å². The van der Waals surface area contributed by atoms with E-state index in [1.165, 1.54) is 4.90 Å². The lowest BCUT2D eigenvalue weighted by atomic mass is 9.95. The average Bonchev–Trinajstić information content (AvgIpc) is 3.00. The number of ketones is 1. The molecule has 144 valence electrons. The van der Waals surface area contributed by atoms with Gasteiger partial charge in [0.2, 0.25) is 0 Å². The third-order valence-electron chi connectivity index (χ3n) is 4.86. The Morgan fingerprint density at radius 1 is 1.00 bits per heavy atom. The fourth-order valence-electron chi connectivity index (χ4n) is 3.50. The molecular weight excluding hydrogens is 388 g/mol. The monoisotopic (exact) mass is 404 g/mol. The highest BCUT2D eigenvalue weighted by Gasteiger charge is 2.46. The summed E-state index contributed by atoms with van der Waals surface area (Å²) in [5.41, 5.74) is 1.84. The molecule has 1 N–H and O–H groups in total. The van der Waals surface area contributed by atoms with Gasteiger partial charge in [-0.25, -0.2) is 0 Å². The third-order valence-corrected chi connectivity index (χ3v) is 5.21. The second-order valence-electron chi connectivity index (χ2n) is 6.68. The molecule has 0 bridgehead atoms. The van der Waals surface area contributed by atoms with Crippen LogP contribution in [-0.4, -0.2) is 26.7 Å². The fraction of sp³-hybridized carbons (Fsp3) is 0.0870. The highest BCUT2D eigenvalue weighted by Crippen LogP contribution is 2.42. The number of likely N-dealkylation sites (tertiary alicyclic amines) is 1. The van der Waals surface area contributed by atoms with E-state index < -0.39 is 17.7 Å². The molecule has 0 aliphatic carbocycles. The smallest absolute Gasteiger partial charge is 0.295 e. The van der Waals surface area contributed by atoms with E-state index in [0.717, 1.165) is 5.56 Å². The third kappa shape index (κ3) is 3.52. The lowest BCUT2D eigenvalue weighted by Gasteiger charge is -2.26. The van der Waals surface area contributed by atoms with Crippen LogP contribution < -0.4 is 0 Å². The number of nitrogens with zero attached hydrogens (tertiary/aromatic N) is 2. The first-order valence-corrected chi connectivity index (χ1v) is 9.43. The van der Waals surface area contributed by atoms with Gasteiger partial charge in [0.05, 0.1) is 11.6 Å². The van der Waals surface area contributed by atoms with Crippen molar-refractivity contribution in [1.82, 2.24) is 9.88 Å². The molecule has 5 nitrogen and oxygen atoms in total. The number of hydrogen-bond acceptors (Lipinski definition) is 4. The Hall–Kier alpha value is -3.44. The number of aliphatic hydroxyl groups is 1. The van der Waals surface area contributed by atoms with E-state index >= 15 is 0 Å². The van der Waals surface area contributed by atoms with E-state index in [0.29, 0.717) is 16.1 Å². The van der Waals surface area contributed by atoms with Crippen LogP contribution >= 0.6 is 11.6 Å². The van der Waals surface area contributed by atoms with Crippen LogP contribution in [0.4, 0.5) is 0 Å². The summed E-state index contributed by atoms with van der Waals surface area (Å²) in [6, 6.07) is 18.5. The van der Waals surface area contributed by atoms with E-state index in [2.05, 4.69) is 4.98 Å². The Kier molecular flexibility index (Phi) is 5.14. The van der Waals surface area contributed by atoms with Gasteiger partial charge in [0.1, 0.15) is 5.76 Å². The van der Waals surface area contributed by atoms with E-state index in [9.17, 15) is 14.7 Å². The summed E-state index contributed by atoms with van der Waals surface area (Å²) in [5, 5.41) is 11.4. The van der Waals surface area contributed by atoms with Gasteiger partial charge in [-0.1, -0.05) is 66.2 Å². The lowest BCUT2D eigenvalue weighted by Crippen LogP contribution is -2.29. The molecule has 4 rings (SSSR count). The first-order chi connectivity index (χ1) is 14.1. The van der Waals surface area contributed by atoms with Crippen LogP contribution in [0.2, 0.25) is 5.02 Å². The molecule has 3 aromatic rings. The van der Waals surface area contributed by atoms with Gasteiger partial charge >= 0.3 is 0 Å². The SMILES string of the molecule is O=C1C(=O)N(Cc2cccnc2)C(c2ccccc2Cl)C1=C(O)c1ccccc1. The molecule has 6 heteroatoms. The Bertz CT molecular complexity index is 1100. The van der Waals surface area contributed by atoms with Crippen molar-refractivity contribution in [1.29, 1.82) is 0 Å². The average molecular weight is 405 g/mol. The van der Waals surface area contributed by atoms with Crippen molar-refractivity contribution in [3.05, 3.63) is 106 Å². The van der Waals surface area contributed by atoms with E-state index in [4.69, 9.17) is 11.6 Å². The van der Waals surface area contributed by atoms with Gasteiger partial charge in [-0.05, 0) is 23.3 Å². The lowest BCUT2D eigenvalue weighted by molar-refractivity contribution is -0.140. The number of carbonyl (C=O) groups is 2. The van der Waals surface area contributed by atoms with Crippen LogP contribution in [0.15, 0.2) is 84.7 Å². The number of amides is 1. The number of halogens is 1. The molecule has 1 atom stereocenters. The van der Waals surface area contributed by atoms with Crippen molar-refractivity contribution < 1.29 is 14.7 Å². The van der Waals surface area contributed by atoms with Gasteiger partial charge in [0, 0.05) is 29.5 Å². The minimum Gasteiger partial charge on any atom is -0.507 e. The summed E-state index contributed by atoms with van der Waals surface area (Å²) < 4.78 is 0. The summed E-state index contributed by atoms with van der Waals surface area (Å²) in [4.78, 5) is 31.4. The first kappa shape index (κ1) is 18.9. The second kappa shape index (κ2) is 7.89. The predicted octanol–water partition coefficient (Wildman–Crippen LogP) is 4.36. The predicted molar refractivity (Wildman–Crippen MR) is 110 cm³/mol. The molecule has 29 heavy (non-hydrogen) atoms. The fourth-order valence-corrected chi connectivity index (χ4v) is 3.74. The van der Waals surface area contributed by atoms with Crippen molar-refractivity contribution in [3.63, 3.8) is 0 Å². The molecule has 1 unspecified atom stereocenters. The van der Waals surface area contributed by atoms with Crippen LogP contribution in [0.3, 0.4) is 0 Å². The largest absolute Gasteiger partial charge is 0.507 e. The van der Waals surface area contributed by atoms with Crippen LogP contribution in [0.5, 0.6) is 0 Å². The van der Waals surface area contributed by atoms with Crippen molar-refractivity contribution >= 4 is 29.1 Å². The Morgan fingerprint density at radius 2 is 1.72 bits per heavy atom. The highest BCUT2D eigenvalue weighted by atomic mass is 35.5. The zero-order chi connectivity index (χ0) is 20.4. The normalized spacial score (nSPS) is 18.2. The van der Waals surface area contributed by atoms with Crippen LogP contribution in [-0.2, 0) is 16.1 Å². The van der Waals surface area contributed by atoms with Crippen molar-refractivity contribution in [2.24, 2.45) is 0 Å². The van der Waals surface area contributed by atoms with E-state index in [1.54, 1.807) is 67.0 Å². The molecule has 1 saturated heterocycles. The van der Waals surface area contributed by atoms with Crippen molar-refractivity contribution in [2.45, 2.75) is 12.6 Å². The molecule has 1 aliphatic heterocycles. The van der Waals surface area contributed by atoms with Crippen LogP contribution in [0.25, 0.3) is 5.76 Å². The number of rotatable bonds is 4. The Balaban J connectivity index is 1.89. The molecule has 1 aromatic heterocycles. The van der Waals surface area contributed by atoms with Gasteiger partial charge in [0.25, 0.3) is 11.7 Å². The number of hydrogen-bond donors (Lipinski definition) is 1. The van der Waals surface area contributed by atoms with Gasteiger partial charge in [-0.2, -0.15) is 0 Å². The topological polar surface area (TPSA) is 70.5 Å². The van der Waals surface area contributed by atoms with Gasteiger partial charge in [-0.15, -0.1) is 0 Å². The summed E-state index contributed by atoms with van der Waals surface area (Å²) >= 11 is 6.42. The standard InChI is InChI=1S/C23H17ClN2O3/c24-18-11-5-4-10-17(18)20-19(21(27)16-8-2-1-3-9-16)22(28)23(29)26(20)14-15-7-6-12-25-13-15/h1-13,20,27H,14H2. The number of carbonyl (C=O) groups excluding carboxylic acids is 2. The van der Waals surface area contributed by atoms with Crippen molar-refractivity contribution in [3.8, 4) is 0 Å². The molecule has 0 radical (unpaired) electrons. The number of benzene rings is 2. The van der Waals surface area contributed by atoms with Crippen LogP contribution in [0, 0.1) is 0 Å². The van der Waals surface area contributed by atoms with Crippen molar-refractivity contribution in [2.75, 3.05) is 0 Å². The maximum atomic E-state index is 12.9. The van der Waals surface area contributed by atoms with E-state index in [-0.39, 0.29) is 17.9 Å². The quantitative estimate of drug-likeness (QED) is 0.398. The molecule has 1 aliphatic rings. The maximum Gasteiger partial charge on any atom is 0.295 e. The van der Waals surface area contributed by atoms with E-state index in [1.807, 2.05) is 12.1 Å². The number of aliphatic hydroxyl groups excluding tert-OH is 1. The van der Waals surface area contributed by atoms with Crippen LogP contribution in [0.1, 0.15) is 22.7 Å². The molecule has 0 spiro atoms.